The quantitative estimate of drug-likeness (QED) is 0.765. The van der Waals surface area contributed by atoms with Crippen molar-refractivity contribution in [3.8, 4) is 17.2 Å². The Bertz CT molecular complexity index is 737. The molecule has 128 valence electrons. The summed E-state index contributed by atoms with van der Waals surface area (Å²) < 4.78 is 29.0. The van der Waals surface area contributed by atoms with Gasteiger partial charge in [-0.05, 0) is 31.0 Å². The van der Waals surface area contributed by atoms with E-state index in [0.29, 0.717) is 6.04 Å². The van der Waals surface area contributed by atoms with Gasteiger partial charge in [-0.1, -0.05) is 0 Å². The number of nitrogens with zero attached hydrogens (tertiary/aromatic N) is 1. The molecule has 3 fully saturated rings. The number of rotatable bonds is 2. The van der Waals surface area contributed by atoms with Crippen LogP contribution in [0.15, 0.2) is 6.07 Å². The van der Waals surface area contributed by atoms with E-state index in [0.717, 1.165) is 43.2 Å². The summed E-state index contributed by atoms with van der Waals surface area (Å²) in [5.41, 5.74) is 2.65. The average molecular weight is 331 g/mol. The van der Waals surface area contributed by atoms with E-state index in [1.54, 1.807) is 14.2 Å². The van der Waals surface area contributed by atoms with Gasteiger partial charge in [-0.15, -0.1) is 0 Å². The number of hydrogen-bond acceptors (Lipinski definition) is 6. The van der Waals surface area contributed by atoms with E-state index >= 15 is 0 Å². The van der Waals surface area contributed by atoms with Crippen LogP contribution in [0.5, 0.6) is 17.2 Å². The Hall–Kier alpha value is -1.50. The van der Waals surface area contributed by atoms with E-state index in [1.807, 2.05) is 0 Å². The fourth-order valence-corrected chi connectivity index (χ4v) is 5.77. The van der Waals surface area contributed by atoms with Crippen LogP contribution in [-0.2, 0) is 21.4 Å². The predicted octanol–water partition coefficient (Wildman–Crippen LogP) is 1.44. The molecule has 1 aromatic carbocycles. The number of methoxy groups -OCH3 is 2. The third-order valence-electron chi connectivity index (χ3n) is 6.80. The summed E-state index contributed by atoms with van der Waals surface area (Å²) in [6, 6.07) is 2.67. The van der Waals surface area contributed by atoms with Gasteiger partial charge in [-0.25, -0.2) is 0 Å². The predicted molar refractivity (Wildman–Crippen MR) is 83.7 cm³/mol. The van der Waals surface area contributed by atoms with E-state index in [9.17, 15) is 0 Å². The summed E-state index contributed by atoms with van der Waals surface area (Å²) >= 11 is 0. The molecule has 6 nitrogen and oxygen atoms in total. The van der Waals surface area contributed by atoms with E-state index in [4.69, 9.17) is 23.7 Å². The molecule has 6 heteroatoms. The van der Waals surface area contributed by atoms with Crippen molar-refractivity contribution in [1.29, 1.82) is 0 Å². The van der Waals surface area contributed by atoms with Crippen molar-refractivity contribution in [2.24, 2.45) is 0 Å². The summed E-state index contributed by atoms with van der Waals surface area (Å²) in [7, 11) is 3.52. The largest absolute Gasteiger partial charge is 0.492 e. The molecule has 2 bridgehead atoms. The molecule has 24 heavy (non-hydrogen) atoms. The Labute approximate surface area is 140 Å². The van der Waals surface area contributed by atoms with E-state index < -0.39 is 0 Å². The van der Waals surface area contributed by atoms with Crippen LogP contribution in [0.1, 0.15) is 24.0 Å². The fraction of sp³-hybridized carbons (Fsp3) is 0.667. The van der Waals surface area contributed by atoms with Crippen molar-refractivity contribution in [3.63, 3.8) is 0 Å². The Morgan fingerprint density at radius 3 is 3.04 bits per heavy atom. The summed E-state index contributed by atoms with van der Waals surface area (Å²) in [5.74, 6) is 2.41. The molecule has 2 unspecified atom stereocenters. The molecule has 0 radical (unpaired) electrons. The maximum Gasteiger partial charge on any atom is 0.231 e. The molecule has 0 aromatic heterocycles. The number of fused-ring (bicyclic) bond motifs is 3. The minimum atomic E-state index is 0.0432. The zero-order chi connectivity index (χ0) is 16.1. The average Bonchev–Trinajstić information content (AvgIpc) is 3.20. The third kappa shape index (κ3) is 1.40. The minimum Gasteiger partial charge on any atom is -0.492 e. The standard InChI is InChI=1S/C18H21NO5/c1-20-11-6-13-18(17-16(11)24-17)3-4-19(13)7-9-10(18)5-12-15(14(9)21-2)23-8-22-12/h5,11,13,16-17H,3-4,6-8H2,1-2H3/t11-,13?,16+,17+,18-/m1/s1. The summed E-state index contributed by atoms with van der Waals surface area (Å²) in [4.78, 5) is 2.58. The van der Waals surface area contributed by atoms with Crippen LogP contribution < -0.4 is 14.2 Å². The third-order valence-corrected chi connectivity index (χ3v) is 6.80. The molecule has 0 amide bonds. The Balaban J connectivity index is 1.57. The highest BCUT2D eigenvalue weighted by molar-refractivity contribution is 5.64. The summed E-state index contributed by atoms with van der Waals surface area (Å²) in [6.45, 7) is 2.26. The van der Waals surface area contributed by atoms with Crippen LogP contribution in [-0.4, -0.2) is 56.8 Å². The molecule has 4 aliphatic heterocycles. The maximum absolute atomic E-state index is 6.16. The molecule has 1 aromatic rings. The van der Waals surface area contributed by atoms with Gasteiger partial charge >= 0.3 is 0 Å². The number of epoxide rings is 1. The van der Waals surface area contributed by atoms with E-state index in [1.165, 1.54) is 11.1 Å². The summed E-state index contributed by atoms with van der Waals surface area (Å²) in [5, 5.41) is 0. The van der Waals surface area contributed by atoms with Gasteiger partial charge in [0, 0.05) is 30.7 Å². The van der Waals surface area contributed by atoms with E-state index in [-0.39, 0.29) is 30.5 Å². The number of hydrogen-bond donors (Lipinski definition) is 0. The van der Waals surface area contributed by atoms with Gasteiger partial charge in [0.15, 0.2) is 11.5 Å². The van der Waals surface area contributed by atoms with Crippen molar-refractivity contribution in [3.05, 3.63) is 17.2 Å². The van der Waals surface area contributed by atoms with Gasteiger partial charge in [-0.3, -0.25) is 4.90 Å². The molecule has 0 N–H and O–H groups in total. The molecular weight excluding hydrogens is 310 g/mol. The second-order valence-electron chi connectivity index (χ2n) is 7.48. The van der Waals surface area contributed by atoms with Crippen molar-refractivity contribution in [2.45, 2.75) is 49.2 Å². The molecule has 6 rings (SSSR count). The van der Waals surface area contributed by atoms with Crippen LogP contribution in [0.25, 0.3) is 0 Å². The highest BCUT2D eigenvalue weighted by Gasteiger charge is 2.70. The Morgan fingerprint density at radius 1 is 1.29 bits per heavy atom. The smallest absolute Gasteiger partial charge is 0.231 e. The summed E-state index contributed by atoms with van der Waals surface area (Å²) in [6.07, 6.45) is 2.86. The first-order chi connectivity index (χ1) is 11.8. The molecule has 5 aliphatic rings. The normalized spacial score (nSPS) is 43.0. The van der Waals surface area contributed by atoms with Gasteiger partial charge in [0.05, 0.1) is 19.3 Å². The lowest BCUT2D eigenvalue weighted by atomic mass is 9.62. The first-order valence-corrected chi connectivity index (χ1v) is 8.70. The number of benzene rings is 1. The molecule has 1 saturated carbocycles. The highest BCUT2D eigenvalue weighted by Crippen LogP contribution is 2.63. The van der Waals surface area contributed by atoms with Gasteiger partial charge in [0.1, 0.15) is 6.10 Å². The fourth-order valence-electron chi connectivity index (χ4n) is 5.77. The SMILES string of the molecule is COc1c2c(cc3c1OCO3)[C@]13CCN(C2)C1C[C@@H](OC)[C@@H]1O[C@@H]13. The topological polar surface area (TPSA) is 52.7 Å². The van der Waals surface area contributed by atoms with Crippen LogP contribution in [0.4, 0.5) is 0 Å². The maximum atomic E-state index is 6.16. The van der Waals surface area contributed by atoms with Gasteiger partial charge < -0.3 is 23.7 Å². The van der Waals surface area contributed by atoms with Crippen molar-refractivity contribution >= 4 is 0 Å². The second kappa shape index (κ2) is 4.36. The van der Waals surface area contributed by atoms with E-state index in [2.05, 4.69) is 11.0 Å². The minimum absolute atomic E-state index is 0.0432. The van der Waals surface area contributed by atoms with Crippen LogP contribution in [0.3, 0.4) is 0 Å². The Kier molecular flexibility index (Phi) is 2.50. The van der Waals surface area contributed by atoms with Gasteiger partial charge in [-0.2, -0.15) is 0 Å². The molecule has 0 spiro atoms. The number of ether oxygens (including phenoxy) is 5. The van der Waals surface area contributed by atoms with Crippen molar-refractivity contribution in [1.82, 2.24) is 4.90 Å². The van der Waals surface area contributed by atoms with Crippen LogP contribution >= 0.6 is 0 Å². The van der Waals surface area contributed by atoms with Crippen molar-refractivity contribution < 1.29 is 23.7 Å². The van der Waals surface area contributed by atoms with Gasteiger partial charge in [0.25, 0.3) is 0 Å². The van der Waals surface area contributed by atoms with Crippen LogP contribution in [0.2, 0.25) is 0 Å². The second-order valence-corrected chi connectivity index (χ2v) is 7.48. The molecule has 1 aliphatic carbocycles. The van der Waals surface area contributed by atoms with Crippen LogP contribution in [0, 0.1) is 0 Å². The van der Waals surface area contributed by atoms with Gasteiger partial charge in [0.2, 0.25) is 12.5 Å². The zero-order valence-electron chi connectivity index (χ0n) is 13.9. The lowest BCUT2D eigenvalue weighted by molar-refractivity contribution is 0.0248. The molecular formula is C18H21NO5. The Morgan fingerprint density at radius 2 is 2.21 bits per heavy atom. The molecule has 4 heterocycles. The lowest BCUT2D eigenvalue weighted by Crippen LogP contribution is -2.56. The monoisotopic (exact) mass is 331 g/mol. The molecule has 2 saturated heterocycles. The molecule has 6 atom stereocenters. The lowest BCUT2D eigenvalue weighted by Gasteiger charge is -2.47. The highest BCUT2D eigenvalue weighted by atomic mass is 16.7. The van der Waals surface area contributed by atoms with Crippen molar-refractivity contribution in [2.75, 3.05) is 27.6 Å². The first-order valence-electron chi connectivity index (χ1n) is 8.70. The zero-order valence-corrected chi connectivity index (χ0v) is 13.9. The first kappa shape index (κ1) is 13.8.